The third-order valence-electron chi connectivity index (χ3n) is 4.27. The van der Waals surface area contributed by atoms with E-state index in [4.69, 9.17) is 5.11 Å². The lowest BCUT2D eigenvalue weighted by Crippen LogP contribution is -2.36. The van der Waals surface area contributed by atoms with Crippen molar-refractivity contribution in [3.63, 3.8) is 0 Å². The van der Waals surface area contributed by atoms with Gasteiger partial charge in [0.25, 0.3) is 5.91 Å². The van der Waals surface area contributed by atoms with E-state index in [1.54, 1.807) is 12.1 Å². The maximum absolute atomic E-state index is 12.1. The summed E-state index contributed by atoms with van der Waals surface area (Å²) in [5.74, 6) is -1.14. The van der Waals surface area contributed by atoms with E-state index in [1.807, 2.05) is 0 Å². The number of hydrogen-bond acceptors (Lipinski definition) is 2. The second-order valence-corrected chi connectivity index (χ2v) is 5.13. The summed E-state index contributed by atoms with van der Waals surface area (Å²) in [6, 6.07) is 5.99. The first-order valence-corrected chi connectivity index (χ1v) is 7.09. The Morgan fingerprint density at radius 3 is 1.85 bits per heavy atom. The summed E-state index contributed by atoms with van der Waals surface area (Å²) < 4.78 is 0. The number of carbonyl (C=O) groups is 2. The van der Waals surface area contributed by atoms with Crippen molar-refractivity contribution >= 4 is 11.9 Å². The number of rotatable bonds is 7. The molecule has 2 N–H and O–H groups in total. The minimum atomic E-state index is -0.987. The van der Waals surface area contributed by atoms with E-state index in [-0.39, 0.29) is 16.9 Å². The van der Waals surface area contributed by atoms with E-state index < -0.39 is 5.97 Å². The highest BCUT2D eigenvalue weighted by Gasteiger charge is 2.24. The lowest BCUT2D eigenvalue weighted by atomic mass is 9.80. The molecule has 0 heterocycles. The standard InChI is InChI=1S/C16H23NO3/c1-4-16(5-2,6-3)11-17-14(18)12-7-9-13(10-8-12)15(19)20/h7-10H,4-6,11H2,1-3H3,(H,17,18)(H,19,20). The fourth-order valence-electron chi connectivity index (χ4n) is 2.26. The van der Waals surface area contributed by atoms with Crippen LogP contribution in [0.1, 0.15) is 60.7 Å². The van der Waals surface area contributed by atoms with Crippen molar-refractivity contribution < 1.29 is 14.7 Å². The van der Waals surface area contributed by atoms with Gasteiger partial charge in [-0.05, 0) is 48.9 Å². The monoisotopic (exact) mass is 277 g/mol. The van der Waals surface area contributed by atoms with Crippen LogP contribution >= 0.6 is 0 Å². The number of benzene rings is 1. The molecule has 1 amide bonds. The number of aromatic carboxylic acids is 1. The fraction of sp³-hybridized carbons (Fsp3) is 0.500. The first-order valence-electron chi connectivity index (χ1n) is 7.09. The Bertz CT molecular complexity index is 453. The van der Waals surface area contributed by atoms with E-state index in [9.17, 15) is 9.59 Å². The maximum atomic E-state index is 12.1. The molecule has 0 unspecified atom stereocenters. The molecule has 0 aliphatic heterocycles. The zero-order chi connectivity index (χ0) is 15.2. The summed E-state index contributed by atoms with van der Waals surface area (Å²) in [6.45, 7) is 7.07. The van der Waals surface area contributed by atoms with Gasteiger partial charge in [0.2, 0.25) is 0 Å². The molecule has 0 atom stereocenters. The smallest absolute Gasteiger partial charge is 0.335 e. The van der Waals surface area contributed by atoms with Crippen LogP contribution < -0.4 is 5.32 Å². The van der Waals surface area contributed by atoms with Gasteiger partial charge in [0.1, 0.15) is 0 Å². The number of carbonyl (C=O) groups excluding carboxylic acids is 1. The lowest BCUT2D eigenvalue weighted by molar-refractivity contribution is 0.0696. The predicted molar refractivity (Wildman–Crippen MR) is 79.0 cm³/mol. The molecule has 0 spiro atoms. The van der Waals surface area contributed by atoms with Gasteiger partial charge in [0.05, 0.1) is 5.56 Å². The average Bonchev–Trinajstić information content (AvgIpc) is 2.49. The Balaban J connectivity index is 2.69. The summed E-state index contributed by atoms with van der Waals surface area (Å²) >= 11 is 0. The molecule has 1 aromatic carbocycles. The Morgan fingerprint density at radius 1 is 1.00 bits per heavy atom. The number of carboxylic acid groups (broad SMARTS) is 1. The minimum absolute atomic E-state index is 0.149. The molecule has 0 aromatic heterocycles. The molecule has 0 saturated carbocycles. The van der Waals surface area contributed by atoms with Gasteiger partial charge >= 0.3 is 5.97 Å². The predicted octanol–water partition coefficient (Wildman–Crippen LogP) is 3.33. The summed E-state index contributed by atoms with van der Waals surface area (Å²) in [4.78, 5) is 22.8. The highest BCUT2D eigenvalue weighted by Crippen LogP contribution is 2.29. The van der Waals surface area contributed by atoms with Gasteiger partial charge in [-0.25, -0.2) is 4.79 Å². The van der Waals surface area contributed by atoms with Gasteiger partial charge in [-0.3, -0.25) is 4.79 Å². The summed E-state index contributed by atoms with van der Waals surface area (Å²) in [5.41, 5.74) is 0.829. The van der Waals surface area contributed by atoms with E-state index in [2.05, 4.69) is 26.1 Å². The largest absolute Gasteiger partial charge is 0.478 e. The van der Waals surface area contributed by atoms with E-state index in [0.717, 1.165) is 19.3 Å². The van der Waals surface area contributed by atoms with Crippen molar-refractivity contribution in [3.05, 3.63) is 35.4 Å². The Morgan fingerprint density at radius 2 is 1.45 bits per heavy atom. The van der Waals surface area contributed by atoms with E-state index in [0.29, 0.717) is 12.1 Å². The number of carboxylic acids is 1. The van der Waals surface area contributed by atoms with Crippen molar-refractivity contribution in [2.45, 2.75) is 40.0 Å². The third kappa shape index (κ3) is 3.83. The van der Waals surface area contributed by atoms with Crippen molar-refractivity contribution in [2.24, 2.45) is 5.41 Å². The average molecular weight is 277 g/mol. The Kier molecular flexibility index (Phi) is 5.74. The maximum Gasteiger partial charge on any atom is 0.335 e. The zero-order valence-electron chi connectivity index (χ0n) is 12.4. The van der Waals surface area contributed by atoms with Gasteiger partial charge < -0.3 is 10.4 Å². The van der Waals surface area contributed by atoms with Crippen LogP contribution in [0, 0.1) is 5.41 Å². The van der Waals surface area contributed by atoms with Gasteiger partial charge in [0, 0.05) is 12.1 Å². The molecule has 0 saturated heterocycles. The van der Waals surface area contributed by atoms with Gasteiger partial charge in [0.15, 0.2) is 0 Å². The van der Waals surface area contributed by atoms with Crippen molar-refractivity contribution in [2.75, 3.05) is 6.54 Å². The van der Waals surface area contributed by atoms with Crippen LogP contribution in [0.15, 0.2) is 24.3 Å². The molecule has 0 fully saturated rings. The zero-order valence-corrected chi connectivity index (χ0v) is 12.4. The van der Waals surface area contributed by atoms with Crippen LogP contribution in [-0.2, 0) is 0 Å². The molecule has 0 radical (unpaired) electrons. The SMILES string of the molecule is CCC(CC)(CC)CNC(=O)c1ccc(C(=O)O)cc1. The van der Waals surface area contributed by atoms with Crippen LogP contribution in [0.2, 0.25) is 0 Å². The van der Waals surface area contributed by atoms with Gasteiger partial charge in [-0.1, -0.05) is 20.8 Å². The molecule has 4 nitrogen and oxygen atoms in total. The second kappa shape index (κ2) is 7.08. The van der Waals surface area contributed by atoms with Crippen LogP contribution in [0.25, 0.3) is 0 Å². The fourth-order valence-corrected chi connectivity index (χ4v) is 2.26. The van der Waals surface area contributed by atoms with Gasteiger partial charge in [-0.2, -0.15) is 0 Å². The van der Waals surface area contributed by atoms with Gasteiger partial charge in [-0.15, -0.1) is 0 Å². The van der Waals surface area contributed by atoms with Crippen molar-refractivity contribution in [3.8, 4) is 0 Å². The minimum Gasteiger partial charge on any atom is -0.478 e. The van der Waals surface area contributed by atoms with E-state index in [1.165, 1.54) is 12.1 Å². The molecule has 4 heteroatoms. The van der Waals surface area contributed by atoms with E-state index >= 15 is 0 Å². The van der Waals surface area contributed by atoms with Crippen molar-refractivity contribution in [1.82, 2.24) is 5.32 Å². The van der Waals surface area contributed by atoms with Crippen LogP contribution in [0.4, 0.5) is 0 Å². The molecule has 1 aromatic rings. The van der Waals surface area contributed by atoms with Crippen LogP contribution in [0.3, 0.4) is 0 Å². The number of hydrogen-bond donors (Lipinski definition) is 2. The van der Waals surface area contributed by atoms with Crippen molar-refractivity contribution in [1.29, 1.82) is 0 Å². The summed E-state index contributed by atoms with van der Waals surface area (Å²) in [6.07, 6.45) is 3.08. The number of amides is 1. The Labute approximate surface area is 120 Å². The molecular formula is C16H23NO3. The first kappa shape index (κ1) is 16.2. The van der Waals surface area contributed by atoms with Crippen LogP contribution in [-0.4, -0.2) is 23.5 Å². The lowest BCUT2D eigenvalue weighted by Gasteiger charge is -2.30. The highest BCUT2D eigenvalue weighted by atomic mass is 16.4. The Hall–Kier alpha value is -1.84. The summed E-state index contributed by atoms with van der Waals surface area (Å²) in [5, 5.41) is 11.8. The third-order valence-corrected chi connectivity index (χ3v) is 4.27. The first-order chi connectivity index (χ1) is 9.48. The second-order valence-electron chi connectivity index (χ2n) is 5.13. The molecule has 110 valence electrons. The molecule has 0 aliphatic carbocycles. The molecular weight excluding hydrogens is 254 g/mol. The van der Waals surface area contributed by atoms with Crippen LogP contribution in [0.5, 0.6) is 0 Å². The normalized spacial score (nSPS) is 11.2. The molecule has 0 aliphatic rings. The quantitative estimate of drug-likeness (QED) is 0.803. The number of nitrogens with one attached hydrogen (secondary N) is 1. The molecule has 20 heavy (non-hydrogen) atoms. The summed E-state index contributed by atoms with van der Waals surface area (Å²) in [7, 11) is 0. The highest BCUT2D eigenvalue weighted by molar-refractivity contribution is 5.95. The topological polar surface area (TPSA) is 66.4 Å². The molecule has 1 rings (SSSR count). The molecule has 0 bridgehead atoms.